The Bertz CT molecular complexity index is 1160. The lowest BCUT2D eigenvalue weighted by molar-refractivity contribution is -0.117. The summed E-state index contributed by atoms with van der Waals surface area (Å²) in [5, 5.41) is 11.5. The molecule has 0 fully saturated rings. The molecule has 0 saturated carbocycles. The number of halogens is 1. The minimum atomic E-state index is -0.869. The van der Waals surface area contributed by atoms with Gasteiger partial charge in [0.1, 0.15) is 17.6 Å². The van der Waals surface area contributed by atoms with Crippen LogP contribution in [0.3, 0.4) is 0 Å². The Labute approximate surface area is 179 Å². The van der Waals surface area contributed by atoms with Gasteiger partial charge in [-0.1, -0.05) is 15.9 Å². The summed E-state index contributed by atoms with van der Waals surface area (Å²) in [4.78, 5) is 32.5. The summed E-state index contributed by atoms with van der Waals surface area (Å²) in [7, 11) is 0. The molecule has 3 aromatic rings. The molecular formula is C21H17BrN2O4S. The molecular weight excluding hydrogens is 456 g/mol. The van der Waals surface area contributed by atoms with Crippen LogP contribution in [0.1, 0.15) is 37.9 Å². The van der Waals surface area contributed by atoms with E-state index in [9.17, 15) is 14.7 Å². The van der Waals surface area contributed by atoms with Crippen molar-refractivity contribution in [2.75, 3.05) is 4.90 Å². The average Bonchev–Trinajstić information content (AvgIpc) is 3.32. The van der Waals surface area contributed by atoms with Crippen molar-refractivity contribution in [3.8, 4) is 0 Å². The second-order valence-corrected chi connectivity index (χ2v) is 8.86. The summed E-state index contributed by atoms with van der Waals surface area (Å²) in [5.74, 6) is -0.579. The molecule has 3 heterocycles. The summed E-state index contributed by atoms with van der Waals surface area (Å²) < 4.78 is 6.63. The number of benzene rings is 1. The molecule has 4 rings (SSSR count). The molecule has 0 aliphatic carbocycles. The number of carbonyl (C=O) groups is 2. The summed E-state index contributed by atoms with van der Waals surface area (Å²) in [6, 6.07) is 9.68. The number of thiazole rings is 1. The van der Waals surface area contributed by atoms with Crippen LogP contribution >= 0.6 is 27.3 Å². The molecule has 1 aromatic carbocycles. The molecule has 6 nitrogen and oxygen atoms in total. The molecule has 1 unspecified atom stereocenters. The SMILES string of the molecule is Cc1ccc(C2C(C(=O)c3sc(C)nc3C)=C(O)C(=O)N2c2ccc(Br)cc2)o1. The van der Waals surface area contributed by atoms with Gasteiger partial charge in [0.15, 0.2) is 5.76 Å². The quantitative estimate of drug-likeness (QED) is 0.527. The number of nitrogens with zero attached hydrogens (tertiary/aromatic N) is 2. The van der Waals surface area contributed by atoms with Crippen molar-refractivity contribution in [3.05, 3.63) is 79.3 Å². The minimum Gasteiger partial charge on any atom is -0.503 e. The fourth-order valence-corrected chi connectivity index (χ4v) is 4.58. The molecule has 1 amide bonds. The zero-order valence-corrected chi connectivity index (χ0v) is 18.3. The van der Waals surface area contributed by atoms with E-state index in [0.29, 0.717) is 27.8 Å². The first kappa shape index (κ1) is 19.6. The van der Waals surface area contributed by atoms with Crippen molar-refractivity contribution in [1.82, 2.24) is 4.98 Å². The van der Waals surface area contributed by atoms with E-state index in [-0.39, 0.29) is 5.57 Å². The fraction of sp³-hybridized carbons (Fsp3) is 0.190. The van der Waals surface area contributed by atoms with E-state index in [0.717, 1.165) is 9.48 Å². The predicted octanol–water partition coefficient (Wildman–Crippen LogP) is 5.21. The standard InChI is InChI=1S/C21H17BrN2O4S/c1-10-4-9-15(28-10)17-16(18(25)20-11(2)23-12(3)29-20)19(26)21(27)24(17)14-7-5-13(22)6-8-14/h4-9,17,26H,1-3H3. The van der Waals surface area contributed by atoms with Crippen molar-refractivity contribution >= 4 is 44.6 Å². The highest BCUT2D eigenvalue weighted by Gasteiger charge is 2.46. The van der Waals surface area contributed by atoms with Gasteiger partial charge in [-0.25, -0.2) is 4.98 Å². The number of aromatic nitrogens is 1. The predicted molar refractivity (Wildman–Crippen MR) is 113 cm³/mol. The Morgan fingerprint density at radius 2 is 1.86 bits per heavy atom. The number of aliphatic hydroxyl groups is 1. The molecule has 1 atom stereocenters. The van der Waals surface area contributed by atoms with E-state index in [2.05, 4.69) is 20.9 Å². The number of hydrogen-bond acceptors (Lipinski definition) is 6. The lowest BCUT2D eigenvalue weighted by atomic mass is 9.99. The maximum Gasteiger partial charge on any atom is 0.294 e. The molecule has 0 spiro atoms. The Hall–Kier alpha value is -2.71. The number of furan rings is 1. The summed E-state index contributed by atoms with van der Waals surface area (Å²) in [5.41, 5.74) is 1.12. The normalized spacial score (nSPS) is 16.8. The highest BCUT2D eigenvalue weighted by atomic mass is 79.9. The van der Waals surface area contributed by atoms with Crippen LogP contribution in [0, 0.1) is 20.8 Å². The zero-order valence-electron chi connectivity index (χ0n) is 15.9. The third-order valence-electron chi connectivity index (χ3n) is 4.70. The van der Waals surface area contributed by atoms with Gasteiger partial charge in [0.25, 0.3) is 5.91 Å². The molecule has 1 aliphatic rings. The van der Waals surface area contributed by atoms with Crippen molar-refractivity contribution in [2.45, 2.75) is 26.8 Å². The number of anilines is 1. The number of carbonyl (C=O) groups excluding carboxylic acids is 2. The van der Waals surface area contributed by atoms with Crippen LogP contribution in [-0.2, 0) is 4.79 Å². The Balaban J connectivity index is 1.88. The van der Waals surface area contributed by atoms with E-state index >= 15 is 0 Å². The number of rotatable bonds is 4. The molecule has 2 aromatic heterocycles. The molecule has 0 radical (unpaired) electrons. The third kappa shape index (κ3) is 3.32. The lowest BCUT2D eigenvalue weighted by Gasteiger charge is -2.25. The van der Waals surface area contributed by atoms with Crippen molar-refractivity contribution in [2.24, 2.45) is 0 Å². The van der Waals surface area contributed by atoms with E-state index in [1.807, 2.05) is 6.92 Å². The molecule has 1 N–H and O–H groups in total. The number of Topliss-reactive ketones (excluding diaryl/α,β-unsaturated/α-hetero) is 1. The maximum atomic E-state index is 13.4. The van der Waals surface area contributed by atoms with Gasteiger partial charge in [0.05, 0.1) is 21.2 Å². The summed E-state index contributed by atoms with van der Waals surface area (Å²) in [6.07, 6.45) is 0. The first-order valence-electron chi connectivity index (χ1n) is 8.85. The number of ketones is 1. The van der Waals surface area contributed by atoms with Crippen molar-refractivity contribution < 1.29 is 19.1 Å². The van der Waals surface area contributed by atoms with Gasteiger partial charge in [0, 0.05) is 10.2 Å². The van der Waals surface area contributed by atoms with Crippen LogP contribution in [0.15, 0.2) is 56.6 Å². The van der Waals surface area contributed by atoms with Gasteiger partial charge in [0.2, 0.25) is 5.78 Å². The Morgan fingerprint density at radius 3 is 2.41 bits per heavy atom. The number of aryl methyl sites for hydroxylation is 3. The molecule has 8 heteroatoms. The zero-order chi connectivity index (χ0) is 20.9. The third-order valence-corrected chi connectivity index (χ3v) is 6.30. The molecule has 0 saturated heterocycles. The fourth-order valence-electron chi connectivity index (χ4n) is 3.44. The van der Waals surface area contributed by atoms with E-state index in [1.54, 1.807) is 50.2 Å². The maximum absolute atomic E-state index is 13.4. The monoisotopic (exact) mass is 472 g/mol. The number of amides is 1. The van der Waals surface area contributed by atoms with Crippen LogP contribution in [-0.4, -0.2) is 21.8 Å². The Morgan fingerprint density at radius 1 is 1.17 bits per heavy atom. The first-order chi connectivity index (χ1) is 13.8. The number of aliphatic hydroxyl groups excluding tert-OH is 1. The molecule has 0 bridgehead atoms. The minimum absolute atomic E-state index is 0.000909. The van der Waals surface area contributed by atoms with Gasteiger partial charge in [-0.15, -0.1) is 11.3 Å². The number of hydrogen-bond donors (Lipinski definition) is 1. The highest BCUT2D eigenvalue weighted by molar-refractivity contribution is 9.10. The van der Waals surface area contributed by atoms with Crippen LogP contribution in [0.2, 0.25) is 0 Å². The largest absolute Gasteiger partial charge is 0.503 e. The van der Waals surface area contributed by atoms with Crippen LogP contribution in [0.25, 0.3) is 0 Å². The molecule has 148 valence electrons. The van der Waals surface area contributed by atoms with Gasteiger partial charge < -0.3 is 9.52 Å². The lowest BCUT2D eigenvalue weighted by Crippen LogP contribution is -2.30. The van der Waals surface area contributed by atoms with Gasteiger partial charge in [-0.2, -0.15) is 0 Å². The van der Waals surface area contributed by atoms with Gasteiger partial charge in [-0.3, -0.25) is 14.5 Å². The van der Waals surface area contributed by atoms with Crippen LogP contribution in [0.4, 0.5) is 5.69 Å². The summed E-state index contributed by atoms with van der Waals surface area (Å²) >= 11 is 4.62. The molecule has 29 heavy (non-hydrogen) atoms. The van der Waals surface area contributed by atoms with Gasteiger partial charge in [-0.05, 0) is 57.2 Å². The van der Waals surface area contributed by atoms with Crippen LogP contribution in [0.5, 0.6) is 0 Å². The Kier molecular flexibility index (Phi) is 4.92. The van der Waals surface area contributed by atoms with E-state index in [4.69, 9.17) is 4.42 Å². The topological polar surface area (TPSA) is 83.6 Å². The second-order valence-electron chi connectivity index (χ2n) is 6.74. The van der Waals surface area contributed by atoms with Crippen molar-refractivity contribution in [1.29, 1.82) is 0 Å². The van der Waals surface area contributed by atoms with E-state index < -0.39 is 23.5 Å². The smallest absolute Gasteiger partial charge is 0.294 e. The van der Waals surface area contributed by atoms with Gasteiger partial charge >= 0.3 is 0 Å². The second kappa shape index (κ2) is 7.27. The average molecular weight is 473 g/mol. The summed E-state index contributed by atoms with van der Waals surface area (Å²) in [6.45, 7) is 5.33. The molecule has 1 aliphatic heterocycles. The van der Waals surface area contributed by atoms with Crippen LogP contribution < -0.4 is 4.90 Å². The van der Waals surface area contributed by atoms with Crippen molar-refractivity contribution in [3.63, 3.8) is 0 Å². The van der Waals surface area contributed by atoms with E-state index in [1.165, 1.54) is 16.2 Å². The highest BCUT2D eigenvalue weighted by Crippen LogP contribution is 2.43. The first-order valence-corrected chi connectivity index (χ1v) is 10.5.